The number of benzene rings is 3. The SMILES string of the molecule is O=C(COc1ccc(Cl)cc1)N1CCc2ccccc2C1c1ccccc1F. The number of hydrogen-bond acceptors (Lipinski definition) is 2. The second-order valence-corrected chi connectivity index (χ2v) is 7.14. The van der Waals surface area contributed by atoms with Crippen molar-refractivity contribution in [2.24, 2.45) is 0 Å². The zero-order chi connectivity index (χ0) is 19.5. The Labute approximate surface area is 168 Å². The van der Waals surface area contributed by atoms with Gasteiger partial charge in [-0.2, -0.15) is 0 Å². The maximum atomic E-state index is 14.6. The molecule has 1 amide bonds. The highest BCUT2D eigenvalue weighted by atomic mass is 35.5. The van der Waals surface area contributed by atoms with Crippen LogP contribution in [0.25, 0.3) is 0 Å². The Kier molecular flexibility index (Phi) is 5.31. The summed E-state index contributed by atoms with van der Waals surface area (Å²) in [4.78, 5) is 14.7. The molecule has 28 heavy (non-hydrogen) atoms. The molecular formula is C23H19ClFNO2. The largest absolute Gasteiger partial charge is 0.484 e. The fraction of sp³-hybridized carbons (Fsp3) is 0.174. The molecule has 0 fully saturated rings. The Balaban J connectivity index is 1.62. The lowest BCUT2D eigenvalue weighted by atomic mass is 9.88. The molecule has 1 aliphatic rings. The molecule has 1 unspecified atom stereocenters. The van der Waals surface area contributed by atoms with Crippen molar-refractivity contribution in [2.45, 2.75) is 12.5 Å². The van der Waals surface area contributed by atoms with E-state index in [-0.39, 0.29) is 18.3 Å². The quantitative estimate of drug-likeness (QED) is 0.620. The molecule has 0 saturated carbocycles. The van der Waals surface area contributed by atoms with E-state index in [1.165, 1.54) is 6.07 Å². The lowest BCUT2D eigenvalue weighted by Gasteiger charge is -2.37. The Bertz CT molecular complexity index is 990. The van der Waals surface area contributed by atoms with E-state index >= 15 is 0 Å². The number of carbonyl (C=O) groups is 1. The van der Waals surface area contributed by atoms with E-state index in [0.29, 0.717) is 22.9 Å². The van der Waals surface area contributed by atoms with Gasteiger partial charge in [-0.1, -0.05) is 54.1 Å². The Morgan fingerprint density at radius 1 is 1.00 bits per heavy atom. The monoisotopic (exact) mass is 395 g/mol. The summed E-state index contributed by atoms with van der Waals surface area (Å²) in [5, 5.41) is 0.603. The number of amides is 1. The van der Waals surface area contributed by atoms with Gasteiger partial charge < -0.3 is 9.64 Å². The standard InChI is InChI=1S/C23H19ClFNO2/c24-17-9-11-18(12-10-17)28-15-22(27)26-14-13-16-5-1-2-6-19(16)23(26)20-7-3-4-8-21(20)25/h1-12,23H,13-15H2. The topological polar surface area (TPSA) is 29.5 Å². The molecule has 142 valence electrons. The van der Waals surface area contributed by atoms with Gasteiger partial charge in [0.05, 0.1) is 6.04 Å². The normalized spacial score (nSPS) is 15.8. The van der Waals surface area contributed by atoms with E-state index < -0.39 is 6.04 Å². The first kappa shape index (κ1) is 18.5. The van der Waals surface area contributed by atoms with Gasteiger partial charge in [-0.05, 0) is 47.9 Å². The van der Waals surface area contributed by atoms with Crippen molar-refractivity contribution in [3.8, 4) is 5.75 Å². The van der Waals surface area contributed by atoms with Crippen LogP contribution in [-0.4, -0.2) is 24.0 Å². The van der Waals surface area contributed by atoms with Gasteiger partial charge in [0.25, 0.3) is 5.91 Å². The van der Waals surface area contributed by atoms with Crippen molar-refractivity contribution < 1.29 is 13.9 Å². The highest BCUT2D eigenvalue weighted by molar-refractivity contribution is 6.30. The van der Waals surface area contributed by atoms with Crippen LogP contribution in [0.4, 0.5) is 4.39 Å². The summed E-state index contributed by atoms with van der Waals surface area (Å²) in [7, 11) is 0. The number of carbonyl (C=O) groups excluding carboxylic acids is 1. The van der Waals surface area contributed by atoms with Gasteiger partial charge in [0.2, 0.25) is 0 Å². The average molecular weight is 396 g/mol. The van der Waals surface area contributed by atoms with Crippen molar-refractivity contribution >= 4 is 17.5 Å². The maximum Gasteiger partial charge on any atom is 0.261 e. The van der Waals surface area contributed by atoms with E-state index in [1.807, 2.05) is 24.3 Å². The van der Waals surface area contributed by atoms with Crippen LogP contribution in [0.3, 0.4) is 0 Å². The van der Waals surface area contributed by atoms with Crippen LogP contribution in [0.2, 0.25) is 5.02 Å². The van der Waals surface area contributed by atoms with Gasteiger partial charge in [0, 0.05) is 17.1 Å². The molecule has 1 heterocycles. The first-order chi connectivity index (χ1) is 13.6. The molecule has 4 rings (SSSR count). The molecule has 0 N–H and O–H groups in total. The third-order valence-electron chi connectivity index (χ3n) is 4.98. The molecule has 5 heteroatoms. The van der Waals surface area contributed by atoms with Gasteiger partial charge in [0.1, 0.15) is 11.6 Å². The Morgan fingerprint density at radius 3 is 2.43 bits per heavy atom. The van der Waals surface area contributed by atoms with Crippen LogP contribution < -0.4 is 4.74 Å². The second kappa shape index (κ2) is 8.03. The summed E-state index contributed by atoms with van der Waals surface area (Å²) in [6.45, 7) is 0.396. The van der Waals surface area contributed by atoms with Gasteiger partial charge in [0.15, 0.2) is 6.61 Å². The van der Waals surface area contributed by atoms with Gasteiger partial charge in [-0.3, -0.25) is 4.79 Å². The minimum absolute atomic E-state index is 0.116. The lowest BCUT2D eigenvalue weighted by Crippen LogP contribution is -2.43. The molecule has 3 aromatic carbocycles. The third kappa shape index (κ3) is 3.73. The summed E-state index contributed by atoms with van der Waals surface area (Å²) in [6.07, 6.45) is 0.730. The Morgan fingerprint density at radius 2 is 1.68 bits per heavy atom. The number of rotatable bonds is 4. The van der Waals surface area contributed by atoms with Crippen LogP contribution in [0.5, 0.6) is 5.75 Å². The van der Waals surface area contributed by atoms with E-state index in [9.17, 15) is 9.18 Å². The highest BCUT2D eigenvalue weighted by Gasteiger charge is 2.33. The molecule has 1 atom stereocenters. The van der Waals surface area contributed by atoms with Gasteiger partial charge in [-0.25, -0.2) is 4.39 Å². The summed E-state index contributed by atoms with van der Waals surface area (Å²) >= 11 is 5.88. The summed E-state index contributed by atoms with van der Waals surface area (Å²) < 4.78 is 20.2. The molecule has 0 saturated heterocycles. The predicted octanol–water partition coefficient (Wildman–Crippen LogP) is 5.03. The molecule has 1 aliphatic heterocycles. The zero-order valence-electron chi connectivity index (χ0n) is 15.1. The molecule has 3 aromatic rings. The maximum absolute atomic E-state index is 14.6. The molecular weight excluding hydrogens is 377 g/mol. The number of ether oxygens (including phenoxy) is 1. The van der Waals surface area contributed by atoms with Crippen molar-refractivity contribution in [3.05, 3.63) is 100 Å². The average Bonchev–Trinajstić information content (AvgIpc) is 2.73. The number of fused-ring (bicyclic) bond motifs is 1. The second-order valence-electron chi connectivity index (χ2n) is 6.70. The predicted molar refractivity (Wildman–Crippen MR) is 107 cm³/mol. The van der Waals surface area contributed by atoms with Crippen molar-refractivity contribution in [1.82, 2.24) is 4.90 Å². The van der Waals surface area contributed by atoms with Gasteiger partial charge in [-0.15, -0.1) is 0 Å². The van der Waals surface area contributed by atoms with Crippen LogP contribution in [0, 0.1) is 5.82 Å². The van der Waals surface area contributed by atoms with E-state index in [2.05, 4.69) is 0 Å². The van der Waals surface area contributed by atoms with E-state index in [0.717, 1.165) is 17.5 Å². The molecule has 0 aromatic heterocycles. The molecule has 0 radical (unpaired) electrons. The highest BCUT2D eigenvalue weighted by Crippen LogP contribution is 2.36. The van der Waals surface area contributed by atoms with E-state index in [4.69, 9.17) is 16.3 Å². The van der Waals surface area contributed by atoms with Crippen LogP contribution >= 0.6 is 11.6 Å². The van der Waals surface area contributed by atoms with Crippen LogP contribution in [0.1, 0.15) is 22.7 Å². The first-order valence-electron chi connectivity index (χ1n) is 9.13. The number of nitrogens with zero attached hydrogens (tertiary/aromatic N) is 1. The summed E-state index contributed by atoms with van der Waals surface area (Å²) in [5.41, 5.74) is 2.59. The van der Waals surface area contributed by atoms with Gasteiger partial charge >= 0.3 is 0 Å². The minimum Gasteiger partial charge on any atom is -0.484 e. The van der Waals surface area contributed by atoms with Crippen molar-refractivity contribution in [1.29, 1.82) is 0 Å². The fourth-order valence-electron chi connectivity index (χ4n) is 3.63. The third-order valence-corrected chi connectivity index (χ3v) is 5.23. The smallest absolute Gasteiger partial charge is 0.261 e. The minimum atomic E-state index is -0.465. The van der Waals surface area contributed by atoms with E-state index in [1.54, 1.807) is 47.4 Å². The number of halogens is 2. The first-order valence-corrected chi connectivity index (χ1v) is 9.51. The van der Waals surface area contributed by atoms with Crippen molar-refractivity contribution in [3.63, 3.8) is 0 Å². The summed E-state index contributed by atoms with van der Waals surface area (Å²) in [5.74, 6) is 0.0657. The lowest BCUT2D eigenvalue weighted by molar-refractivity contribution is -0.135. The molecule has 0 aliphatic carbocycles. The van der Waals surface area contributed by atoms with Crippen LogP contribution in [0.15, 0.2) is 72.8 Å². The molecule has 0 bridgehead atoms. The molecule has 0 spiro atoms. The molecule has 3 nitrogen and oxygen atoms in total. The fourth-order valence-corrected chi connectivity index (χ4v) is 3.75. The Hall–Kier alpha value is -2.85. The summed E-state index contributed by atoms with van der Waals surface area (Å²) in [6, 6.07) is 20.9. The number of hydrogen-bond donors (Lipinski definition) is 0. The van der Waals surface area contributed by atoms with Crippen LogP contribution in [-0.2, 0) is 11.2 Å². The van der Waals surface area contributed by atoms with Crippen molar-refractivity contribution in [2.75, 3.05) is 13.2 Å². The zero-order valence-corrected chi connectivity index (χ0v) is 15.9.